The molecule has 2 aromatic carbocycles. The Morgan fingerprint density at radius 3 is 2.42 bits per heavy atom. The quantitative estimate of drug-likeness (QED) is 0.872. The number of nitrogens with one attached hydrogen (secondary N) is 1. The minimum absolute atomic E-state index is 0.377. The monoisotopic (exact) mass is 253 g/mol. The van der Waals surface area contributed by atoms with Crippen molar-refractivity contribution >= 4 is 5.69 Å². The van der Waals surface area contributed by atoms with Crippen LogP contribution < -0.4 is 10.1 Å². The first kappa shape index (κ1) is 12.1. The number of methoxy groups -OCH3 is 1. The summed E-state index contributed by atoms with van der Waals surface area (Å²) >= 11 is 0. The summed E-state index contributed by atoms with van der Waals surface area (Å²) in [5.41, 5.74) is 6.73. The number of aryl methyl sites for hydroxylation is 2. The van der Waals surface area contributed by atoms with Gasteiger partial charge in [0.1, 0.15) is 5.75 Å². The molecule has 0 amide bonds. The van der Waals surface area contributed by atoms with Gasteiger partial charge in [-0.2, -0.15) is 0 Å². The molecule has 1 N–H and O–H groups in total. The second-order valence-electron chi connectivity index (χ2n) is 5.27. The number of benzene rings is 2. The SMILES string of the molecule is COc1ccc(C2Cc3cc(C)c(C)cc3N2)cc1. The van der Waals surface area contributed by atoms with Gasteiger partial charge in [0.15, 0.2) is 0 Å². The van der Waals surface area contributed by atoms with Crippen LogP contribution in [0.5, 0.6) is 5.75 Å². The largest absolute Gasteiger partial charge is 0.497 e. The zero-order valence-electron chi connectivity index (χ0n) is 11.7. The molecule has 2 aromatic rings. The van der Waals surface area contributed by atoms with Crippen LogP contribution >= 0.6 is 0 Å². The Hall–Kier alpha value is -1.96. The van der Waals surface area contributed by atoms with Crippen molar-refractivity contribution in [1.29, 1.82) is 0 Å². The van der Waals surface area contributed by atoms with Crippen molar-refractivity contribution < 1.29 is 4.74 Å². The molecule has 1 unspecified atom stereocenters. The molecule has 1 heterocycles. The average Bonchev–Trinajstić information content (AvgIpc) is 2.82. The van der Waals surface area contributed by atoms with E-state index in [2.05, 4.69) is 43.4 Å². The molecule has 0 spiro atoms. The zero-order valence-corrected chi connectivity index (χ0v) is 11.7. The first-order valence-electron chi connectivity index (χ1n) is 6.68. The van der Waals surface area contributed by atoms with Gasteiger partial charge in [0, 0.05) is 5.69 Å². The second kappa shape index (κ2) is 4.61. The molecule has 1 aliphatic rings. The van der Waals surface area contributed by atoms with Gasteiger partial charge in [0.25, 0.3) is 0 Å². The summed E-state index contributed by atoms with van der Waals surface area (Å²) in [6.07, 6.45) is 1.06. The smallest absolute Gasteiger partial charge is 0.118 e. The van der Waals surface area contributed by atoms with E-state index in [1.54, 1.807) is 7.11 Å². The molecular formula is C17H19NO. The number of rotatable bonds is 2. The Bertz CT molecular complexity index is 570. The van der Waals surface area contributed by atoms with E-state index in [-0.39, 0.29) is 0 Å². The number of anilines is 1. The molecule has 0 saturated heterocycles. The van der Waals surface area contributed by atoms with Crippen LogP contribution in [0.25, 0.3) is 0 Å². The van der Waals surface area contributed by atoms with E-state index in [1.165, 1.54) is 27.9 Å². The van der Waals surface area contributed by atoms with E-state index >= 15 is 0 Å². The van der Waals surface area contributed by atoms with Gasteiger partial charge in [-0.15, -0.1) is 0 Å². The van der Waals surface area contributed by atoms with Gasteiger partial charge in [-0.1, -0.05) is 18.2 Å². The van der Waals surface area contributed by atoms with Crippen molar-refractivity contribution in [2.75, 3.05) is 12.4 Å². The normalized spacial score (nSPS) is 16.9. The lowest BCUT2D eigenvalue weighted by Gasteiger charge is -2.12. The molecule has 0 radical (unpaired) electrons. The first-order valence-corrected chi connectivity index (χ1v) is 6.68. The molecule has 2 heteroatoms. The highest BCUT2D eigenvalue weighted by Crippen LogP contribution is 2.36. The second-order valence-corrected chi connectivity index (χ2v) is 5.27. The highest BCUT2D eigenvalue weighted by atomic mass is 16.5. The van der Waals surface area contributed by atoms with Gasteiger partial charge in [-0.25, -0.2) is 0 Å². The molecule has 0 aliphatic carbocycles. The predicted octanol–water partition coefficient (Wildman–Crippen LogP) is 4.02. The molecule has 98 valence electrons. The maximum absolute atomic E-state index is 5.20. The predicted molar refractivity (Wildman–Crippen MR) is 79.0 cm³/mol. The Kier molecular flexibility index (Phi) is 2.94. The Labute approximate surface area is 114 Å². The van der Waals surface area contributed by atoms with Crippen molar-refractivity contribution in [3.05, 3.63) is 58.7 Å². The fraction of sp³-hybridized carbons (Fsp3) is 0.294. The summed E-state index contributed by atoms with van der Waals surface area (Å²) in [6, 6.07) is 13.3. The van der Waals surface area contributed by atoms with Crippen LogP contribution in [0.15, 0.2) is 36.4 Å². The molecular weight excluding hydrogens is 234 g/mol. The molecule has 2 nitrogen and oxygen atoms in total. The third-order valence-corrected chi connectivity index (χ3v) is 3.99. The van der Waals surface area contributed by atoms with Gasteiger partial charge in [-0.3, -0.25) is 0 Å². The van der Waals surface area contributed by atoms with Gasteiger partial charge in [-0.05, 0) is 60.7 Å². The standard InChI is InChI=1S/C17H19NO/c1-11-8-14-10-17(18-16(14)9-12(11)2)13-4-6-15(19-3)7-5-13/h4-9,17-18H,10H2,1-3H3. The highest BCUT2D eigenvalue weighted by molar-refractivity contribution is 5.61. The molecule has 0 fully saturated rings. The van der Waals surface area contributed by atoms with E-state index in [0.717, 1.165) is 12.2 Å². The first-order chi connectivity index (χ1) is 9.17. The maximum Gasteiger partial charge on any atom is 0.118 e. The lowest BCUT2D eigenvalue weighted by molar-refractivity contribution is 0.414. The fourth-order valence-electron chi connectivity index (χ4n) is 2.68. The van der Waals surface area contributed by atoms with Crippen molar-refractivity contribution in [2.45, 2.75) is 26.3 Å². The van der Waals surface area contributed by atoms with E-state index < -0.39 is 0 Å². The van der Waals surface area contributed by atoms with E-state index in [9.17, 15) is 0 Å². The van der Waals surface area contributed by atoms with Gasteiger partial charge >= 0.3 is 0 Å². The van der Waals surface area contributed by atoms with Crippen LogP contribution in [0.2, 0.25) is 0 Å². The molecule has 1 aliphatic heterocycles. The average molecular weight is 253 g/mol. The van der Waals surface area contributed by atoms with Crippen LogP contribution in [0.1, 0.15) is 28.3 Å². The van der Waals surface area contributed by atoms with Crippen LogP contribution in [-0.4, -0.2) is 7.11 Å². The van der Waals surface area contributed by atoms with Gasteiger partial charge in [0.05, 0.1) is 13.2 Å². The molecule has 0 aromatic heterocycles. The molecule has 1 atom stereocenters. The molecule has 19 heavy (non-hydrogen) atoms. The molecule has 0 bridgehead atoms. The van der Waals surface area contributed by atoms with Crippen molar-refractivity contribution in [3.8, 4) is 5.75 Å². The van der Waals surface area contributed by atoms with Crippen LogP contribution in [0.4, 0.5) is 5.69 Å². The van der Waals surface area contributed by atoms with E-state index in [1.807, 2.05) is 12.1 Å². The van der Waals surface area contributed by atoms with Gasteiger partial charge < -0.3 is 10.1 Å². The minimum atomic E-state index is 0.377. The summed E-state index contributed by atoms with van der Waals surface area (Å²) in [5.74, 6) is 0.908. The van der Waals surface area contributed by atoms with Crippen molar-refractivity contribution in [2.24, 2.45) is 0 Å². The summed E-state index contributed by atoms with van der Waals surface area (Å²) in [4.78, 5) is 0. The van der Waals surface area contributed by atoms with Crippen molar-refractivity contribution in [3.63, 3.8) is 0 Å². The maximum atomic E-state index is 5.20. The number of ether oxygens (including phenoxy) is 1. The van der Waals surface area contributed by atoms with Crippen LogP contribution in [-0.2, 0) is 6.42 Å². The lowest BCUT2D eigenvalue weighted by atomic mass is 10.0. The number of hydrogen-bond acceptors (Lipinski definition) is 2. The Balaban J connectivity index is 1.86. The molecule has 0 saturated carbocycles. The van der Waals surface area contributed by atoms with Crippen molar-refractivity contribution in [1.82, 2.24) is 0 Å². The topological polar surface area (TPSA) is 21.3 Å². The van der Waals surface area contributed by atoms with Crippen LogP contribution in [0.3, 0.4) is 0 Å². The van der Waals surface area contributed by atoms with Crippen LogP contribution in [0, 0.1) is 13.8 Å². The summed E-state index contributed by atoms with van der Waals surface area (Å²) in [7, 11) is 1.70. The fourth-order valence-corrected chi connectivity index (χ4v) is 2.68. The summed E-state index contributed by atoms with van der Waals surface area (Å²) < 4.78 is 5.20. The molecule has 3 rings (SSSR count). The lowest BCUT2D eigenvalue weighted by Crippen LogP contribution is -2.05. The Morgan fingerprint density at radius 1 is 1.05 bits per heavy atom. The minimum Gasteiger partial charge on any atom is -0.497 e. The summed E-state index contributed by atoms with van der Waals surface area (Å²) in [6.45, 7) is 4.34. The third kappa shape index (κ3) is 2.19. The van der Waals surface area contributed by atoms with E-state index in [4.69, 9.17) is 4.74 Å². The zero-order chi connectivity index (χ0) is 13.4. The van der Waals surface area contributed by atoms with E-state index in [0.29, 0.717) is 6.04 Å². The number of hydrogen-bond donors (Lipinski definition) is 1. The van der Waals surface area contributed by atoms with Gasteiger partial charge in [0.2, 0.25) is 0 Å². The number of fused-ring (bicyclic) bond motifs is 1. The third-order valence-electron chi connectivity index (χ3n) is 3.99. The summed E-state index contributed by atoms with van der Waals surface area (Å²) in [5, 5.41) is 3.62. The Morgan fingerprint density at radius 2 is 1.74 bits per heavy atom. The highest BCUT2D eigenvalue weighted by Gasteiger charge is 2.22.